The molecule has 1 heterocycles. The van der Waals surface area contributed by atoms with Crippen LogP contribution in [-0.4, -0.2) is 20.2 Å². The fourth-order valence-corrected chi connectivity index (χ4v) is 3.87. The van der Waals surface area contributed by atoms with Gasteiger partial charge < -0.3 is 5.32 Å². The van der Waals surface area contributed by atoms with Crippen molar-refractivity contribution in [1.29, 1.82) is 0 Å². The molecule has 0 aliphatic heterocycles. The lowest BCUT2D eigenvalue weighted by Crippen LogP contribution is -2.30. The molecule has 0 bridgehead atoms. The Balaban J connectivity index is 1.96. The van der Waals surface area contributed by atoms with Crippen LogP contribution in [0.4, 0.5) is 0 Å². The molecular formula is C15H19NO2S2. The van der Waals surface area contributed by atoms with Crippen molar-refractivity contribution < 1.29 is 8.42 Å². The Morgan fingerprint density at radius 1 is 1.20 bits per heavy atom. The molecule has 0 amide bonds. The molecule has 1 atom stereocenters. The van der Waals surface area contributed by atoms with Gasteiger partial charge in [-0.3, -0.25) is 0 Å². The van der Waals surface area contributed by atoms with Crippen LogP contribution in [0, 0.1) is 6.92 Å². The van der Waals surface area contributed by atoms with Crippen LogP contribution in [0.2, 0.25) is 0 Å². The van der Waals surface area contributed by atoms with Gasteiger partial charge in [0.25, 0.3) is 0 Å². The topological polar surface area (TPSA) is 46.2 Å². The quantitative estimate of drug-likeness (QED) is 0.892. The Kier molecular flexibility index (Phi) is 4.96. The second-order valence-electron chi connectivity index (χ2n) is 4.88. The maximum atomic E-state index is 12.4. The standard InChI is InChI=1S/C15H19NO2S2/c1-12-5-7-15(8-6-12)20(17,18)13(2)10-16-11-14-4-3-9-19-14/h3-9,13,16H,10-11H2,1-2H3. The first-order valence-electron chi connectivity index (χ1n) is 6.54. The summed E-state index contributed by atoms with van der Waals surface area (Å²) in [7, 11) is -3.26. The lowest BCUT2D eigenvalue weighted by Gasteiger charge is -2.14. The highest BCUT2D eigenvalue weighted by atomic mass is 32.2. The van der Waals surface area contributed by atoms with E-state index >= 15 is 0 Å². The Morgan fingerprint density at radius 3 is 2.50 bits per heavy atom. The van der Waals surface area contributed by atoms with Gasteiger partial charge in [-0.05, 0) is 37.4 Å². The van der Waals surface area contributed by atoms with Crippen LogP contribution in [0.3, 0.4) is 0 Å². The van der Waals surface area contributed by atoms with Gasteiger partial charge in [0, 0.05) is 18.0 Å². The van der Waals surface area contributed by atoms with E-state index in [9.17, 15) is 8.42 Å². The zero-order valence-corrected chi connectivity index (χ0v) is 13.3. The molecule has 1 N–H and O–H groups in total. The highest BCUT2D eigenvalue weighted by molar-refractivity contribution is 7.92. The minimum absolute atomic E-state index is 0.397. The van der Waals surface area contributed by atoms with Gasteiger partial charge in [-0.25, -0.2) is 8.42 Å². The number of thiophene rings is 1. The van der Waals surface area contributed by atoms with Gasteiger partial charge in [0.15, 0.2) is 9.84 Å². The van der Waals surface area contributed by atoms with E-state index in [1.54, 1.807) is 30.4 Å². The molecule has 3 nitrogen and oxygen atoms in total. The molecule has 0 radical (unpaired) electrons. The first-order valence-corrected chi connectivity index (χ1v) is 8.96. The minimum atomic E-state index is -3.26. The zero-order valence-electron chi connectivity index (χ0n) is 11.7. The molecule has 0 fully saturated rings. The van der Waals surface area contributed by atoms with Crippen molar-refractivity contribution in [2.24, 2.45) is 0 Å². The predicted octanol–water partition coefficient (Wildman–Crippen LogP) is 3.01. The van der Waals surface area contributed by atoms with Crippen molar-refractivity contribution in [2.75, 3.05) is 6.54 Å². The van der Waals surface area contributed by atoms with E-state index in [0.29, 0.717) is 18.0 Å². The maximum absolute atomic E-state index is 12.4. The summed E-state index contributed by atoms with van der Waals surface area (Å²) >= 11 is 1.67. The molecule has 0 aliphatic rings. The minimum Gasteiger partial charge on any atom is -0.311 e. The monoisotopic (exact) mass is 309 g/mol. The highest BCUT2D eigenvalue weighted by Gasteiger charge is 2.22. The number of hydrogen-bond donors (Lipinski definition) is 1. The van der Waals surface area contributed by atoms with E-state index in [2.05, 4.69) is 5.32 Å². The second-order valence-corrected chi connectivity index (χ2v) is 8.28. The zero-order chi connectivity index (χ0) is 14.6. The number of nitrogens with one attached hydrogen (secondary N) is 1. The van der Waals surface area contributed by atoms with Crippen LogP contribution in [0.15, 0.2) is 46.7 Å². The SMILES string of the molecule is Cc1ccc(S(=O)(=O)C(C)CNCc2cccs2)cc1. The summed E-state index contributed by atoms with van der Waals surface area (Å²) in [6, 6.07) is 11.1. The predicted molar refractivity (Wildman–Crippen MR) is 83.9 cm³/mol. The third kappa shape index (κ3) is 3.69. The average molecular weight is 309 g/mol. The van der Waals surface area contributed by atoms with E-state index in [1.165, 1.54) is 4.88 Å². The molecule has 1 aromatic heterocycles. The van der Waals surface area contributed by atoms with Gasteiger partial charge in [-0.2, -0.15) is 0 Å². The maximum Gasteiger partial charge on any atom is 0.182 e. The van der Waals surface area contributed by atoms with Crippen LogP contribution in [0.5, 0.6) is 0 Å². The summed E-state index contributed by atoms with van der Waals surface area (Å²) in [5, 5.41) is 4.78. The van der Waals surface area contributed by atoms with Crippen molar-refractivity contribution in [1.82, 2.24) is 5.32 Å². The van der Waals surface area contributed by atoms with Gasteiger partial charge >= 0.3 is 0 Å². The van der Waals surface area contributed by atoms with Crippen LogP contribution >= 0.6 is 11.3 Å². The third-order valence-electron chi connectivity index (χ3n) is 3.19. The Morgan fingerprint density at radius 2 is 1.90 bits per heavy atom. The van der Waals surface area contributed by atoms with E-state index in [-0.39, 0.29) is 0 Å². The number of benzene rings is 1. The third-order valence-corrected chi connectivity index (χ3v) is 6.22. The van der Waals surface area contributed by atoms with Gasteiger partial charge in [0.2, 0.25) is 0 Å². The molecule has 1 unspecified atom stereocenters. The molecular weight excluding hydrogens is 290 g/mol. The second kappa shape index (κ2) is 6.52. The van der Waals surface area contributed by atoms with Crippen molar-refractivity contribution in [3.8, 4) is 0 Å². The summed E-state index contributed by atoms with van der Waals surface area (Å²) in [4.78, 5) is 1.61. The Labute approximate surface area is 124 Å². The number of hydrogen-bond acceptors (Lipinski definition) is 4. The lowest BCUT2D eigenvalue weighted by molar-refractivity contribution is 0.572. The summed E-state index contributed by atoms with van der Waals surface area (Å²) in [6.07, 6.45) is 0. The van der Waals surface area contributed by atoms with Crippen LogP contribution < -0.4 is 5.32 Å². The number of sulfone groups is 1. The summed E-state index contributed by atoms with van der Waals surface area (Å²) in [5.41, 5.74) is 1.06. The van der Waals surface area contributed by atoms with Crippen molar-refractivity contribution in [3.05, 3.63) is 52.2 Å². The molecule has 2 aromatic rings. The van der Waals surface area contributed by atoms with Gasteiger partial charge in [-0.15, -0.1) is 11.3 Å². The molecule has 0 saturated carbocycles. The molecule has 0 spiro atoms. The van der Waals surface area contributed by atoms with Gasteiger partial charge in [0.1, 0.15) is 0 Å². The van der Waals surface area contributed by atoms with Crippen molar-refractivity contribution >= 4 is 21.2 Å². The molecule has 20 heavy (non-hydrogen) atoms. The normalized spacial score (nSPS) is 13.3. The molecule has 108 valence electrons. The van der Waals surface area contributed by atoms with E-state index < -0.39 is 15.1 Å². The first kappa shape index (κ1) is 15.2. The van der Waals surface area contributed by atoms with Crippen LogP contribution in [-0.2, 0) is 16.4 Å². The molecule has 2 rings (SSSR count). The number of rotatable bonds is 6. The van der Waals surface area contributed by atoms with E-state index in [1.807, 2.05) is 36.6 Å². The molecule has 1 aromatic carbocycles. The number of aryl methyl sites for hydroxylation is 1. The van der Waals surface area contributed by atoms with Crippen molar-refractivity contribution in [3.63, 3.8) is 0 Å². The summed E-state index contributed by atoms with van der Waals surface area (Å²) < 4.78 is 24.8. The summed E-state index contributed by atoms with van der Waals surface area (Å²) in [5.74, 6) is 0. The largest absolute Gasteiger partial charge is 0.311 e. The highest BCUT2D eigenvalue weighted by Crippen LogP contribution is 2.16. The van der Waals surface area contributed by atoms with E-state index in [4.69, 9.17) is 0 Å². The van der Waals surface area contributed by atoms with Gasteiger partial charge in [0.05, 0.1) is 10.1 Å². The van der Waals surface area contributed by atoms with Crippen LogP contribution in [0.25, 0.3) is 0 Å². The fourth-order valence-electron chi connectivity index (χ4n) is 1.88. The summed E-state index contributed by atoms with van der Waals surface area (Å²) in [6.45, 7) is 4.86. The molecule has 5 heteroatoms. The lowest BCUT2D eigenvalue weighted by atomic mass is 10.2. The molecule has 0 aliphatic carbocycles. The Bertz CT molecular complexity index is 631. The van der Waals surface area contributed by atoms with Gasteiger partial charge in [-0.1, -0.05) is 23.8 Å². The van der Waals surface area contributed by atoms with Crippen LogP contribution in [0.1, 0.15) is 17.4 Å². The first-order chi connectivity index (χ1) is 9.50. The van der Waals surface area contributed by atoms with Crippen molar-refractivity contribution in [2.45, 2.75) is 30.5 Å². The smallest absolute Gasteiger partial charge is 0.182 e. The Hall–Kier alpha value is -1.17. The fraction of sp³-hybridized carbons (Fsp3) is 0.333. The average Bonchev–Trinajstić information content (AvgIpc) is 2.92. The van der Waals surface area contributed by atoms with E-state index in [0.717, 1.165) is 5.56 Å². The molecule has 0 saturated heterocycles.